The number of nitrogens with zero attached hydrogens (tertiary/aromatic N) is 2. The van der Waals surface area contributed by atoms with Gasteiger partial charge in [0.15, 0.2) is 0 Å². The summed E-state index contributed by atoms with van der Waals surface area (Å²) in [5.74, 6) is 0.0980. The van der Waals surface area contributed by atoms with Gasteiger partial charge in [0.2, 0.25) is 11.6 Å². The second kappa shape index (κ2) is 3.82. The van der Waals surface area contributed by atoms with E-state index in [0.717, 1.165) is 0 Å². The second-order valence-corrected chi connectivity index (χ2v) is 3.94. The highest BCUT2D eigenvalue weighted by Gasteiger charge is 2.09. The molecule has 0 atom stereocenters. The van der Waals surface area contributed by atoms with Gasteiger partial charge in [-0.25, -0.2) is 14.4 Å². The van der Waals surface area contributed by atoms with Crippen LogP contribution in [0.15, 0.2) is 40.9 Å². The lowest BCUT2D eigenvalue weighted by Gasteiger charge is -1.93. The average molecular weight is 249 g/mol. The van der Waals surface area contributed by atoms with Crippen molar-refractivity contribution in [1.82, 2.24) is 9.97 Å². The normalized spacial score (nSPS) is 10.9. The Morgan fingerprint density at radius 3 is 2.71 bits per heavy atom. The van der Waals surface area contributed by atoms with Crippen LogP contribution in [-0.4, -0.2) is 9.97 Å². The minimum atomic E-state index is -0.300. The van der Waals surface area contributed by atoms with Gasteiger partial charge in [0.25, 0.3) is 0 Å². The van der Waals surface area contributed by atoms with Gasteiger partial charge in [0.05, 0.1) is 5.02 Å². The van der Waals surface area contributed by atoms with Crippen LogP contribution < -0.4 is 0 Å². The zero-order chi connectivity index (χ0) is 11.8. The molecule has 0 saturated carbocycles. The van der Waals surface area contributed by atoms with E-state index in [1.165, 1.54) is 18.3 Å². The highest BCUT2D eigenvalue weighted by Crippen LogP contribution is 2.24. The van der Waals surface area contributed by atoms with E-state index in [1.807, 2.05) is 0 Å². The Kier molecular flexibility index (Phi) is 2.30. The molecule has 0 aliphatic carbocycles. The quantitative estimate of drug-likeness (QED) is 0.659. The highest BCUT2D eigenvalue weighted by atomic mass is 35.5. The maximum Gasteiger partial charge on any atom is 0.247 e. The molecule has 2 aromatic heterocycles. The third kappa shape index (κ3) is 1.87. The van der Waals surface area contributed by atoms with E-state index < -0.39 is 0 Å². The Bertz CT molecular complexity index is 679. The molecule has 3 aromatic rings. The summed E-state index contributed by atoms with van der Waals surface area (Å²) in [5.41, 5.74) is 1.69. The number of hydrogen-bond donors (Lipinski definition) is 0. The smallest absolute Gasteiger partial charge is 0.247 e. The van der Waals surface area contributed by atoms with Gasteiger partial charge in [-0.2, -0.15) is 0 Å². The van der Waals surface area contributed by atoms with Crippen molar-refractivity contribution in [3.8, 4) is 11.5 Å². The number of rotatable bonds is 1. The van der Waals surface area contributed by atoms with Crippen molar-refractivity contribution in [1.29, 1.82) is 0 Å². The number of hydrogen-bond acceptors (Lipinski definition) is 3. The van der Waals surface area contributed by atoms with Gasteiger partial charge in [0, 0.05) is 11.8 Å². The molecule has 17 heavy (non-hydrogen) atoms. The molecule has 0 spiro atoms. The van der Waals surface area contributed by atoms with Gasteiger partial charge in [-0.15, -0.1) is 0 Å². The number of aromatic nitrogens is 2. The van der Waals surface area contributed by atoms with Gasteiger partial charge in [-0.3, -0.25) is 0 Å². The average Bonchev–Trinajstić information content (AvgIpc) is 2.72. The van der Waals surface area contributed by atoms with Gasteiger partial charge in [-0.05, 0) is 30.3 Å². The second-order valence-electron chi connectivity index (χ2n) is 3.50. The fourth-order valence-corrected chi connectivity index (χ4v) is 1.67. The molecule has 0 aliphatic rings. The van der Waals surface area contributed by atoms with Crippen LogP contribution in [0.3, 0.4) is 0 Å². The Morgan fingerprint density at radius 2 is 1.94 bits per heavy atom. The maximum absolute atomic E-state index is 12.8. The number of pyridine rings is 1. The predicted molar refractivity (Wildman–Crippen MR) is 62.2 cm³/mol. The molecule has 0 aliphatic heterocycles. The summed E-state index contributed by atoms with van der Waals surface area (Å²) >= 11 is 5.80. The van der Waals surface area contributed by atoms with E-state index in [9.17, 15) is 4.39 Å². The van der Waals surface area contributed by atoms with Crippen LogP contribution in [0.1, 0.15) is 0 Å². The van der Waals surface area contributed by atoms with E-state index >= 15 is 0 Å². The standard InChI is InChI=1S/C12H6ClFN2O/c13-8-5-10-12(15-6-8)17-11(16-10)7-1-3-9(14)4-2-7/h1-6H. The van der Waals surface area contributed by atoms with Crippen LogP contribution in [0, 0.1) is 5.82 Å². The van der Waals surface area contributed by atoms with Crippen LogP contribution in [0.5, 0.6) is 0 Å². The molecule has 0 amide bonds. The molecule has 5 heteroatoms. The van der Waals surface area contributed by atoms with Gasteiger partial charge in [-0.1, -0.05) is 11.6 Å². The molecule has 0 unspecified atom stereocenters. The molecule has 1 aromatic carbocycles. The summed E-state index contributed by atoms with van der Waals surface area (Å²) in [7, 11) is 0. The molecule has 0 bridgehead atoms. The van der Waals surface area contributed by atoms with Crippen LogP contribution in [0.2, 0.25) is 5.02 Å². The number of oxazole rings is 1. The van der Waals surface area contributed by atoms with Gasteiger partial charge < -0.3 is 4.42 Å². The summed E-state index contributed by atoms with van der Waals surface area (Å²) in [6.07, 6.45) is 1.49. The molecule has 0 fully saturated rings. The van der Waals surface area contributed by atoms with E-state index in [2.05, 4.69) is 9.97 Å². The molecule has 3 nitrogen and oxygen atoms in total. The van der Waals surface area contributed by atoms with E-state index in [1.54, 1.807) is 18.2 Å². The topological polar surface area (TPSA) is 38.9 Å². The van der Waals surface area contributed by atoms with Crippen molar-refractivity contribution in [3.05, 3.63) is 47.4 Å². The molecule has 3 rings (SSSR count). The first-order valence-electron chi connectivity index (χ1n) is 4.90. The molecule has 84 valence electrons. The minimum absolute atomic E-state index is 0.300. The Balaban J connectivity index is 2.14. The first-order chi connectivity index (χ1) is 8.22. The molecule has 0 saturated heterocycles. The van der Waals surface area contributed by atoms with E-state index in [-0.39, 0.29) is 5.82 Å². The summed E-state index contributed by atoms with van der Waals surface area (Å²) in [5, 5.41) is 0.497. The third-order valence-electron chi connectivity index (χ3n) is 2.31. The largest absolute Gasteiger partial charge is 0.418 e. The van der Waals surface area contributed by atoms with Crippen molar-refractivity contribution < 1.29 is 8.81 Å². The zero-order valence-corrected chi connectivity index (χ0v) is 9.28. The molecular weight excluding hydrogens is 243 g/mol. The van der Waals surface area contributed by atoms with Crippen LogP contribution in [0.25, 0.3) is 22.7 Å². The van der Waals surface area contributed by atoms with E-state index in [0.29, 0.717) is 27.7 Å². The molecule has 0 radical (unpaired) electrons. The summed E-state index contributed by atoms with van der Waals surface area (Å²) in [4.78, 5) is 8.25. The van der Waals surface area contributed by atoms with Crippen molar-refractivity contribution in [2.75, 3.05) is 0 Å². The van der Waals surface area contributed by atoms with Gasteiger partial charge in [0.1, 0.15) is 11.3 Å². The molecular formula is C12H6ClFN2O. The lowest BCUT2D eigenvalue weighted by molar-refractivity contribution is 0.606. The number of fused-ring (bicyclic) bond motifs is 1. The molecule has 2 heterocycles. The SMILES string of the molecule is Fc1ccc(-c2nc3cc(Cl)cnc3o2)cc1. The summed E-state index contributed by atoms with van der Waals surface area (Å²) < 4.78 is 18.2. The van der Waals surface area contributed by atoms with Crippen molar-refractivity contribution in [2.24, 2.45) is 0 Å². The first kappa shape index (κ1) is 10.2. The van der Waals surface area contributed by atoms with Crippen molar-refractivity contribution >= 4 is 22.8 Å². The Hall–Kier alpha value is -1.94. The third-order valence-corrected chi connectivity index (χ3v) is 2.51. The highest BCUT2D eigenvalue weighted by molar-refractivity contribution is 6.30. The Labute approximate surface area is 101 Å². The number of halogens is 2. The first-order valence-corrected chi connectivity index (χ1v) is 5.28. The monoisotopic (exact) mass is 248 g/mol. The Morgan fingerprint density at radius 1 is 1.18 bits per heavy atom. The van der Waals surface area contributed by atoms with Crippen LogP contribution in [-0.2, 0) is 0 Å². The molecule has 0 N–H and O–H groups in total. The minimum Gasteiger partial charge on any atom is -0.418 e. The lowest BCUT2D eigenvalue weighted by atomic mass is 10.2. The lowest BCUT2D eigenvalue weighted by Crippen LogP contribution is -1.78. The van der Waals surface area contributed by atoms with Gasteiger partial charge >= 0.3 is 0 Å². The summed E-state index contributed by atoms with van der Waals surface area (Å²) in [6.45, 7) is 0. The fourth-order valence-electron chi connectivity index (χ4n) is 1.51. The van der Waals surface area contributed by atoms with Crippen LogP contribution in [0.4, 0.5) is 4.39 Å². The van der Waals surface area contributed by atoms with Crippen molar-refractivity contribution in [3.63, 3.8) is 0 Å². The number of benzene rings is 1. The van der Waals surface area contributed by atoms with E-state index in [4.69, 9.17) is 16.0 Å². The fraction of sp³-hybridized carbons (Fsp3) is 0. The summed E-state index contributed by atoms with van der Waals surface area (Å²) in [6, 6.07) is 7.57. The zero-order valence-electron chi connectivity index (χ0n) is 8.52. The maximum atomic E-state index is 12.8. The van der Waals surface area contributed by atoms with Crippen molar-refractivity contribution in [2.45, 2.75) is 0 Å². The van der Waals surface area contributed by atoms with Crippen LogP contribution >= 0.6 is 11.6 Å². The predicted octanol–water partition coefficient (Wildman–Crippen LogP) is 3.68.